The summed E-state index contributed by atoms with van der Waals surface area (Å²) in [6, 6.07) is 0. The predicted molar refractivity (Wildman–Crippen MR) is 315 cm³/mol. The summed E-state index contributed by atoms with van der Waals surface area (Å²) in [4.78, 5) is 15.7. The van der Waals surface area contributed by atoms with Crippen LogP contribution in [0.1, 0.15) is 78.6 Å². The highest BCUT2D eigenvalue weighted by atomic mass is 16.8. The van der Waals surface area contributed by atoms with E-state index in [0.717, 1.165) is 0 Å². The number of hydrogen-bond acceptors (Lipinski definition) is 37. The van der Waals surface area contributed by atoms with Crippen LogP contribution in [0.5, 0.6) is 0 Å². The fourth-order valence-corrected chi connectivity index (χ4v) is 17.9. The summed E-state index contributed by atoms with van der Waals surface area (Å²) < 4.78 is 85.2. The molecule has 0 aromatic carbocycles. The fourth-order valence-electron chi connectivity index (χ4n) is 17.9. The maximum absolute atomic E-state index is 15.7. The number of carbonyl (C=O) groups is 1. The monoisotopic (exact) mass is 1440 g/mol. The van der Waals surface area contributed by atoms with Gasteiger partial charge >= 0.3 is 5.97 Å². The summed E-state index contributed by atoms with van der Waals surface area (Å²) in [6.45, 7) is 4.22. The molecule has 4 saturated carbocycles. The first-order chi connectivity index (χ1) is 46.8. The van der Waals surface area contributed by atoms with Crippen LogP contribution in [0.15, 0.2) is 12.2 Å². The lowest BCUT2D eigenvalue weighted by Crippen LogP contribution is -2.68. The lowest BCUT2D eigenvalue weighted by Gasteiger charge is -2.64. The highest BCUT2D eigenvalue weighted by Gasteiger charge is 2.70. The molecule has 99 heavy (non-hydrogen) atoms. The third kappa shape index (κ3) is 14.0. The number of ether oxygens (including phenoxy) is 14. The molecule has 41 atom stereocenters. The number of aliphatic hydroxyl groups excluding tert-OH is 22. The molecule has 1 spiro atoms. The van der Waals surface area contributed by atoms with E-state index in [0.29, 0.717) is 44.1 Å². The third-order valence-electron chi connectivity index (χ3n) is 23.5. The first-order valence-electron chi connectivity index (χ1n) is 33.8. The predicted octanol–water partition coefficient (Wildman–Crippen LogP) is -10.4. The minimum atomic E-state index is -2.15. The molecular formula is C62H100O37. The molecule has 0 amide bonds. The molecule has 37 heteroatoms. The van der Waals surface area contributed by atoms with Gasteiger partial charge in [0.2, 0.25) is 6.29 Å². The van der Waals surface area contributed by atoms with Gasteiger partial charge in [-0.3, -0.25) is 4.79 Å². The molecule has 11 rings (SSSR count). The molecule has 0 unspecified atom stereocenters. The Morgan fingerprint density at radius 1 is 0.424 bits per heavy atom. The van der Waals surface area contributed by atoms with Crippen LogP contribution in [0.3, 0.4) is 0 Å². The molecule has 7 aliphatic heterocycles. The van der Waals surface area contributed by atoms with Gasteiger partial charge in [-0.25, -0.2) is 0 Å². The Hall–Kier alpha value is -2.19. The zero-order chi connectivity index (χ0) is 72.0. The molecule has 570 valence electrons. The second kappa shape index (κ2) is 30.6. The highest BCUT2D eigenvalue weighted by molar-refractivity contribution is 5.77. The second-order valence-corrected chi connectivity index (χ2v) is 29.2. The van der Waals surface area contributed by atoms with Crippen LogP contribution in [0.25, 0.3) is 0 Å². The van der Waals surface area contributed by atoms with E-state index in [1.54, 1.807) is 6.92 Å². The largest absolute Gasteiger partial charge is 0.432 e. The van der Waals surface area contributed by atoms with Crippen molar-refractivity contribution in [3.8, 4) is 0 Å². The van der Waals surface area contributed by atoms with Crippen LogP contribution in [0.4, 0.5) is 0 Å². The Morgan fingerprint density at radius 2 is 0.859 bits per heavy atom. The van der Waals surface area contributed by atoms with Crippen molar-refractivity contribution in [3.05, 3.63) is 12.2 Å². The van der Waals surface area contributed by atoms with Gasteiger partial charge in [-0.15, -0.1) is 0 Å². The summed E-state index contributed by atoms with van der Waals surface area (Å²) in [5.74, 6) is -3.10. The van der Waals surface area contributed by atoms with Crippen molar-refractivity contribution < 1.29 is 183 Å². The van der Waals surface area contributed by atoms with Crippen molar-refractivity contribution in [2.45, 2.75) is 293 Å². The number of carbonyl (C=O) groups excluding carboxylic acids is 1. The lowest BCUT2D eigenvalue weighted by atomic mass is 9.41. The minimum Gasteiger partial charge on any atom is -0.432 e. The van der Waals surface area contributed by atoms with Crippen molar-refractivity contribution in [1.82, 2.24) is 0 Å². The molecule has 0 radical (unpaired) electrons. The molecule has 7 heterocycles. The highest BCUT2D eigenvalue weighted by Crippen LogP contribution is 2.74. The summed E-state index contributed by atoms with van der Waals surface area (Å²) in [5, 5.41) is 239. The first-order valence-corrected chi connectivity index (χ1v) is 33.8. The van der Waals surface area contributed by atoms with E-state index in [1.807, 2.05) is 0 Å². The molecule has 2 bridgehead atoms. The third-order valence-corrected chi connectivity index (χ3v) is 23.5. The van der Waals surface area contributed by atoms with Crippen molar-refractivity contribution in [2.24, 2.45) is 34.0 Å². The molecule has 11 aliphatic rings. The Bertz CT molecular complexity index is 2710. The van der Waals surface area contributed by atoms with E-state index < -0.39 is 288 Å². The van der Waals surface area contributed by atoms with Gasteiger partial charge in [-0.1, -0.05) is 19.9 Å². The first kappa shape index (κ1) is 77.9. The number of fused-ring (bicyclic) bond motifs is 3. The van der Waals surface area contributed by atoms with Crippen molar-refractivity contribution >= 4 is 5.97 Å². The normalized spacial score (nSPS) is 54.9. The van der Waals surface area contributed by atoms with E-state index in [1.165, 1.54) is 6.92 Å². The summed E-state index contributed by atoms with van der Waals surface area (Å²) in [7, 11) is 0. The van der Waals surface area contributed by atoms with Gasteiger partial charge in [0.25, 0.3) is 0 Å². The fraction of sp³-hybridized carbons (Fsp3) is 0.952. The number of rotatable bonds is 20. The van der Waals surface area contributed by atoms with E-state index in [9.17, 15) is 112 Å². The van der Waals surface area contributed by atoms with E-state index in [2.05, 4.69) is 13.5 Å². The molecule has 4 aliphatic carbocycles. The Morgan fingerprint density at radius 3 is 1.36 bits per heavy atom. The standard InChI is InChI=1S/C62H100O37/c1-20-12-61-10-6-28-59(3,29(61)7-11-62(20,19-61)99-57-49(96-54-43(82)39(78)34(73)25(16-66)89-54)47(36(75)27(18-68)91-57)94-53-42(81)38(77)33(72)24(15-65)88-53)8-5-9-60(28,4)58(85)98-56-48(46(35(74)26(17-67)90-56)93-51-22(13-63)31(70)40(79)50(84)97-51)95-55-44(83)45(30(69)21(2)86-55)92-52-41(80)37(76)32(71)23(14-64)87-52/h21-57,63-84H,1,5-19H2,2-4H3/t21-,22+,23+,24+,25+,26+,27+,28-,29-,30-,31+,32+,33+,34+,35+,36+,37-,38-,39-,40-,41+,42+,43+,44+,45+,46-,47-,48+,49+,50-,51+,52-,53-,54-,55-,56-,57-,59+,60+,61+,62-/m0/s1. The van der Waals surface area contributed by atoms with Gasteiger partial charge in [-0.2, -0.15) is 0 Å². The average Bonchev–Trinajstić information content (AvgIpc) is 1.62. The molecular weight excluding hydrogens is 1340 g/mol. The Kier molecular flexibility index (Phi) is 24.1. The summed E-state index contributed by atoms with van der Waals surface area (Å²) in [6.07, 6.45) is -60.2. The zero-order valence-electron chi connectivity index (χ0n) is 54.6. The summed E-state index contributed by atoms with van der Waals surface area (Å²) in [5.41, 5.74) is -3.42. The van der Waals surface area contributed by atoms with Crippen LogP contribution in [-0.4, -0.2) is 373 Å². The van der Waals surface area contributed by atoms with Gasteiger partial charge in [0.15, 0.2) is 50.1 Å². The SMILES string of the molecule is C=C1C[C@@]23CC[C@H]4[C@@](C)(CCC[C@@]4(C)C(=O)O[C@@H]4O[C@H](CO)[C@@H](O)[C@H](O[C@@H]5O[C@H](O)[C@@H](O)[C@H](O)[C@H]5CO)[C@H]4O[C@@H]4O[C@@H](C)[C@H](O)[C@@H](O[C@@H]5O[C@H](CO)[C@@H](O)[C@H](O)[C@H]5O)[C@H]4O)[C@@H]2CC[C@]1(O[C@@H]1O[C@H](CO)[C@@H](O)[C@H](O[C@@H]2O[C@H](CO)[C@@H](O)[C@H](O)[C@H]2O)[C@H]1O[C@@H]1O[C@H](CO)[C@@H](O)[C@H](O)[C@H]1O)C3. The van der Waals surface area contributed by atoms with Gasteiger partial charge in [-0.05, 0) is 93.5 Å². The van der Waals surface area contributed by atoms with Crippen LogP contribution >= 0.6 is 0 Å². The lowest BCUT2D eigenvalue weighted by molar-refractivity contribution is -0.401. The smallest absolute Gasteiger partial charge is 0.314 e. The van der Waals surface area contributed by atoms with E-state index in [-0.39, 0.29) is 25.2 Å². The van der Waals surface area contributed by atoms with Crippen molar-refractivity contribution in [3.63, 3.8) is 0 Å². The van der Waals surface area contributed by atoms with Crippen molar-refractivity contribution in [2.75, 3.05) is 39.6 Å². The Balaban J connectivity index is 0.868. The van der Waals surface area contributed by atoms with Gasteiger partial charge in [0, 0.05) is 0 Å². The number of hydrogen-bond donors (Lipinski definition) is 22. The second-order valence-electron chi connectivity index (χ2n) is 29.2. The van der Waals surface area contributed by atoms with Crippen molar-refractivity contribution in [1.29, 1.82) is 0 Å². The van der Waals surface area contributed by atoms with Crippen LogP contribution < -0.4 is 0 Å². The zero-order valence-corrected chi connectivity index (χ0v) is 54.6. The maximum atomic E-state index is 15.7. The van der Waals surface area contributed by atoms with Gasteiger partial charge in [0.1, 0.15) is 140 Å². The number of aliphatic hydroxyl groups is 22. The molecule has 0 aromatic rings. The number of esters is 1. The average molecular weight is 1440 g/mol. The quantitative estimate of drug-likeness (QED) is 0.0306. The summed E-state index contributed by atoms with van der Waals surface area (Å²) >= 11 is 0. The maximum Gasteiger partial charge on any atom is 0.314 e. The molecule has 7 saturated heterocycles. The van der Waals surface area contributed by atoms with E-state index in [4.69, 9.17) is 66.3 Å². The molecule has 22 N–H and O–H groups in total. The molecule has 0 aromatic heterocycles. The van der Waals surface area contributed by atoms with Gasteiger partial charge in [0.05, 0.1) is 68.8 Å². The van der Waals surface area contributed by atoms with Crippen LogP contribution in [0.2, 0.25) is 0 Å². The topological polar surface area (TPSA) is 591 Å². The van der Waals surface area contributed by atoms with Crippen LogP contribution in [-0.2, 0) is 71.1 Å². The van der Waals surface area contributed by atoms with Crippen LogP contribution in [0, 0.1) is 34.0 Å². The van der Waals surface area contributed by atoms with Gasteiger partial charge < -0.3 is 179 Å². The van der Waals surface area contributed by atoms with E-state index >= 15 is 4.79 Å². The molecule has 37 nitrogen and oxygen atoms in total. The molecule has 11 fully saturated rings. The Labute approximate surface area is 566 Å². The minimum absolute atomic E-state index is 0.191.